The van der Waals surface area contributed by atoms with Crippen molar-refractivity contribution < 1.29 is 4.79 Å². The monoisotopic (exact) mass is 108 g/mol. The van der Waals surface area contributed by atoms with Crippen LogP contribution >= 0.6 is 0 Å². The van der Waals surface area contributed by atoms with Crippen molar-refractivity contribution in [3.05, 3.63) is 0 Å². The lowest BCUT2D eigenvalue weighted by molar-refractivity contribution is -0.112. The summed E-state index contributed by atoms with van der Waals surface area (Å²) in [4.78, 5) is 11.0. The molecule has 8 heavy (non-hydrogen) atoms. The van der Waals surface area contributed by atoms with Crippen molar-refractivity contribution in [2.75, 3.05) is 0 Å². The predicted octanol–water partition coefficient (Wildman–Crippen LogP) is 1.13. The Morgan fingerprint density at radius 1 is 1.00 bits per heavy atom. The van der Waals surface area contributed by atoms with E-state index in [9.17, 15) is 4.79 Å². The number of hydrogen-bond acceptors (Lipinski definition) is 1. The van der Waals surface area contributed by atoms with Crippen molar-refractivity contribution in [3.63, 3.8) is 0 Å². The first-order valence-electron chi connectivity index (χ1n) is 3.37. The Morgan fingerprint density at radius 3 is 1.50 bits per heavy atom. The number of Topliss-reactive ketones (excluding diaryl/α,β-unsaturated/α-hetero) is 1. The predicted molar refractivity (Wildman–Crippen MR) is 28.3 cm³/mol. The van der Waals surface area contributed by atoms with E-state index in [2.05, 4.69) is 0 Å². The molecule has 42 valence electrons. The lowest BCUT2D eigenvalue weighted by Gasteiger charge is -1.71. The molecule has 1 heteroatoms. The first-order valence-corrected chi connectivity index (χ1v) is 3.37. The van der Waals surface area contributed by atoms with Gasteiger partial charge in [-0.3, -0.25) is 4.79 Å². The molecule has 0 N–H and O–H groups in total. The summed E-state index contributed by atoms with van der Waals surface area (Å²) in [5.74, 6) is 0.616. The standard InChI is InChI=1S/C7H8O/c8-5-6(1-2-6)7(5)3-4-7/h1-4H2. The molecule has 3 aliphatic rings. The van der Waals surface area contributed by atoms with Crippen molar-refractivity contribution >= 4 is 5.78 Å². The maximum atomic E-state index is 11.0. The number of rotatable bonds is 0. The Bertz CT molecular complexity index is 165. The van der Waals surface area contributed by atoms with Gasteiger partial charge in [-0.15, -0.1) is 0 Å². The van der Waals surface area contributed by atoms with E-state index >= 15 is 0 Å². The zero-order valence-electron chi connectivity index (χ0n) is 4.74. The van der Waals surface area contributed by atoms with Crippen LogP contribution in [0.15, 0.2) is 0 Å². The summed E-state index contributed by atoms with van der Waals surface area (Å²) in [5, 5.41) is 0. The average Bonchev–Trinajstić information content (AvgIpc) is 2.61. The van der Waals surface area contributed by atoms with Gasteiger partial charge in [-0.2, -0.15) is 0 Å². The van der Waals surface area contributed by atoms with Gasteiger partial charge in [0.25, 0.3) is 0 Å². The highest BCUT2D eigenvalue weighted by Gasteiger charge is 2.87. The van der Waals surface area contributed by atoms with E-state index in [1.54, 1.807) is 0 Å². The van der Waals surface area contributed by atoms with E-state index in [4.69, 9.17) is 0 Å². The normalized spacial score (nSPS) is 40.8. The maximum Gasteiger partial charge on any atom is 0.147 e. The molecule has 0 unspecified atom stereocenters. The van der Waals surface area contributed by atoms with Crippen LogP contribution in [-0.4, -0.2) is 5.78 Å². The van der Waals surface area contributed by atoms with Crippen LogP contribution in [0.1, 0.15) is 25.7 Å². The molecule has 3 fully saturated rings. The zero-order chi connectivity index (χ0) is 5.41. The van der Waals surface area contributed by atoms with Crippen LogP contribution in [0.4, 0.5) is 0 Å². The third-order valence-corrected chi connectivity index (χ3v) is 3.22. The lowest BCUT2D eigenvalue weighted by Crippen LogP contribution is -1.70. The minimum absolute atomic E-state index is 0.326. The topological polar surface area (TPSA) is 17.1 Å². The molecule has 3 aliphatic carbocycles. The molecule has 0 aromatic carbocycles. The lowest BCUT2D eigenvalue weighted by atomic mass is 10.3. The Labute approximate surface area is 48.1 Å². The molecule has 0 aromatic rings. The Balaban J connectivity index is 2.17. The molecule has 1 nitrogen and oxygen atoms in total. The van der Waals surface area contributed by atoms with Gasteiger partial charge in [-0.05, 0) is 25.7 Å². The molecule has 0 bridgehead atoms. The van der Waals surface area contributed by atoms with E-state index in [1.165, 1.54) is 25.7 Å². The van der Waals surface area contributed by atoms with Crippen molar-refractivity contribution in [1.29, 1.82) is 0 Å². The molecule has 0 radical (unpaired) electrons. The van der Waals surface area contributed by atoms with E-state index in [0.29, 0.717) is 16.6 Å². The van der Waals surface area contributed by atoms with Gasteiger partial charge in [-0.1, -0.05) is 0 Å². The second-order valence-corrected chi connectivity index (χ2v) is 3.49. The van der Waals surface area contributed by atoms with Crippen LogP contribution in [0.2, 0.25) is 0 Å². The van der Waals surface area contributed by atoms with Crippen molar-refractivity contribution in [2.24, 2.45) is 10.8 Å². The van der Waals surface area contributed by atoms with Crippen LogP contribution in [0, 0.1) is 10.8 Å². The molecule has 2 spiro atoms. The van der Waals surface area contributed by atoms with Gasteiger partial charge in [0.05, 0.1) is 0 Å². The highest BCUT2D eigenvalue weighted by Crippen LogP contribution is 2.85. The quantitative estimate of drug-likeness (QED) is 0.454. The van der Waals surface area contributed by atoms with Crippen LogP contribution in [-0.2, 0) is 4.79 Å². The van der Waals surface area contributed by atoms with E-state index in [-0.39, 0.29) is 0 Å². The van der Waals surface area contributed by atoms with E-state index < -0.39 is 0 Å². The molecule has 3 saturated carbocycles. The largest absolute Gasteiger partial charge is 0.298 e. The number of fused-ring (bicyclic) bond motifs is 1. The van der Waals surface area contributed by atoms with Crippen LogP contribution in [0.25, 0.3) is 0 Å². The molecule has 0 saturated heterocycles. The van der Waals surface area contributed by atoms with Gasteiger partial charge in [0, 0.05) is 10.8 Å². The molecule has 0 heterocycles. The molecule has 0 amide bonds. The Hall–Kier alpha value is -0.330. The third kappa shape index (κ3) is 0.150. The summed E-state index contributed by atoms with van der Waals surface area (Å²) in [6.07, 6.45) is 4.91. The number of hydrogen-bond donors (Lipinski definition) is 0. The number of carbonyl (C=O) groups is 1. The summed E-state index contributed by atoms with van der Waals surface area (Å²) in [6, 6.07) is 0. The van der Waals surface area contributed by atoms with Gasteiger partial charge in [-0.25, -0.2) is 0 Å². The fourth-order valence-electron chi connectivity index (χ4n) is 2.26. The van der Waals surface area contributed by atoms with Crippen molar-refractivity contribution in [3.8, 4) is 0 Å². The summed E-state index contributed by atoms with van der Waals surface area (Å²) in [5.41, 5.74) is 0.653. The molecular formula is C7H8O. The fraction of sp³-hybridized carbons (Fsp3) is 0.857. The van der Waals surface area contributed by atoms with Gasteiger partial charge in [0.15, 0.2) is 0 Å². The second kappa shape index (κ2) is 0.615. The smallest absolute Gasteiger partial charge is 0.147 e. The fourth-order valence-corrected chi connectivity index (χ4v) is 2.26. The number of carbonyl (C=O) groups excluding carboxylic acids is 1. The Kier molecular flexibility index (Phi) is 0.281. The van der Waals surface area contributed by atoms with E-state index in [1.807, 2.05) is 0 Å². The van der Waals surface area contributed by atoms with Gasteiger partial charge < -0.3 is 0 Å². The van der Waals surface area contributed by atoms with Crippen molar-refractivity contribution in [2.45, 2.75) is 25.7 Å². The van der Waals surface area contributed by atoms with Crippen LogP contribution in [0.5, 0.6) is 0 Å². The highest BCUT2D eigenvalue weighted by atomic mass is 16.1. The summed E-state index contributed by atoms with van der Waals surface area (Å²) in [6.45, 7) is 0. The summed E-state index contributed by atoms with van der Waals surface area (Å²) < 4.78 is 0. The maximum absolute atomic E-state index is 11.0. The molecular weight excluding hydrogens is 100 g/mol. The van der Waals surface area contributed by atoms with Crippen LogP contribution in [0.3, 0.4) is 0 Å². The first kappa shape index (κ1) is 3.65. The minimum atomic E-state index is 0.326. The van der Waals surface area contributed by atoms with E-state index in [0.717, 1.165) is 0 Å². The van der Waals surface area contributed by atoms with Gasteiger partial charge >= 0.3 is 0 Å². The number of ketones is 1. The van der Waals surface area contributed by atoms with Crippen LogP contribution < -0.4 is 0 Å². The molecule has 0 aliphatic heterocycles. The Morgan fingerprint density at radius 2 is 1.38 bits per heavy atom. The average molecular weight is 108 g/mol. The SMILES string of the molecule is O=C1C2(CC2)C12CC2. The molecule has 0 atom stereocenters. The zero-order valence-corrected chi connectivity index (χ0v) is 4.74. The van der Waals surface area contributed by atoms with Gasteiger partial charge in [0.2, 0.25) is 0 Å². The second-order valence-electron chi connectivity index (χ2n) is 3.49. The molecule has 0 aromatic heterocycles. The van der Waals surface area contributed by atoms with Crippen molar-refractivity contribution in [1.82, 2.24) is 0 Å². The third-order valence-electron chi connectivity index (χ3n) is 3.22. The summed E-state index contributed by atoms with van der Waals surface area (Å²) in [7, 11) is 0. The molecule has 3 rings (SSSR count). The highest BCUT2D eigenvalue weighted by molar-refractivity contribution is 6.13. The van der Waals surface area contributed by atoms with Gasteiger partial charge in [0.1, 0.15) is 5.78 Å². The first-order chi connectivity index (χ1) is 3.82. The minimum Gasteiger partial charge on any atom is -0.298 e. The summed E-state index contributed by atoms with van der Waals surface area (Å²) >= 11 is 0.